The van der Waals surface area contributed by atoms with E-state index in [0.29, 0.717) is 5.91 Å². The van der Waals surface area contributed by atoms with E-state index in [1.807, 2.05) is 17.4 Å². The molecule has 132 valence electrons. The highest BCUT2D eigenvalue weighted by Gasteiger charge is 2.35. The van der Waals surface area contributed by atoms with Crippen LogP contribution < -0.4 is 0 Å². The van der Waals surface area contributed by atoms with Gasteiger partial charge in [0.2, 0.25) is 5.91 Å². The summed E-state index contributed by atoms with van der Waals surface area (Å²) in [5, 5.41) is 3.26. The summed E-state index contributed by atoms with van der Waals surface area (Å²) in [4.78, 5) is 21.7. The van der Waals surface area contributed by atoms with E-state index >= 15 is 0 Å². The fourth-order valence-electron chi connectivity index (χ4n) is 4.08. The Morgan fingerprint density at radius 3 is 2.96 bits per heavy atom. The molecule has 0 unspecified atom stereocenters. The minimum atomic E-state index is 0.0146. The first-order valence-electron chi connectivity index (χ1n) is 9.14. The minimum absolute atomic E-state index is 0.0146. The molecule has 1 amide bonds. The van der Waals surface area contributed by atoms with E-state index < -0.39 is 0 Å². The molecule has 2 aromatic heterocycles. The first-order chi connectivity index (χ1) is 12.8. The van der Waals surface area contributed by atoms with Crippen molar-refractivity contribution in [2.45, 2.75) is 31.7 Å². The van der Waals surface area contributed by atoms with Crippen molar-refractivity contribution in [3.63, 3.8) is 0 Å². The van der Waals surface area contributed by atoms with Crippen LogP contribution in [0.1, 0.15) is 34.2 Å². The number of nitrogens with zero attached hydrogens (tertiary/aromatic N) is 2. The zero-order valence-corrected chi connectivity index (χ0v) is 16.1. The normalized spacial score (nSPS) is 22.5. The van der Waals surface area contributed by atoms with Crippen LogP contribution in [-0.4, -0.2) is 22.3 Å². The Balaban J connectivity index is 1.43. The van der Waals surface area contributed by atoms with Gasteiger partial charge in [0.25, 0.3) is 0 Å². The third kappa shape index (κ3) is 2.79. The van der Waals surface area contributed by atoms with Crippen LogP contribution in [0.2, 0.25) is 0 Å². The average Bonchev–Trinajstić information content (AvgIpc) is 3.33. The Morgan fingerprint density at radius 1 is 1.15 bits per heavy atom. The largest absolute Gasteiger partial charge is 0.338 e. The van der Waals surface area contributed by atoms with E-state index in [9.17, 15) is 4.79 Å². The van der Waals surface area contributed by atoms with Gasteiger partial charge in [-0.15, -0.1) is 22.7 Å². The van der Waals surface area contributed by atoms with Crippen molar-refractivity contribution in [1.82, 2.24) is 9.88 Å². The van der Waals surface area contributed by atoms with Crippen molar-refractivity contribution in [2.24, 2.45) is 5.92 Å². The molecule has 1 aliphatic carbocycles. The second-order valence-corrected chi connectivity index (χ2v) is 9.12. The van der Waals surface area contributed by atoms with Gasteiger partial charge in [-0.1, -0.05) is 24.3 Å². The number of para-hydroxylation sites is 1. The molecule has 26 heavy (non-hydrogen) atoms. The topological polar surface area (TPSA) is 33.2 Å². The summed E-state index contributed by atoms with van der Waals surface area (Å²) in [6.45, 7) is 1.61. The van der Waals surface area contributed by atoms with E-state index in [2.05, 4.69) is 46.7 Å². The maximum atomic E-state index is 13.4. The summed E-state index contributed by atoms with van der Waals surface area (Å²) in [6, 6.07) is 10.4. The van der Waals surface area contributed by atoms with Gasteiger partial charge in [0.15, 0.2) is 0 Å². The summed E-state index contributed by atoms with van der Waals surface area (Å²) in [6.07, 6.45) is 7.12. The van der Waals surface area contributed by atoms with Crippen LogP contribution in [0.25, 0.3) is 10.2 Å². The van der Waals surface area contributed by atoms with Gasteiger partial charge in [-0.25, -0.2) is 4.98 Å². The standard InChI is InChI=1S/C21H20N2OS2/c24-21(23-11-9-18-14(13-23)10-12-25-18)16-6-2-1-5-15(16)20-22-17-7-3-4-8-19(17)26-20/h1-4,7-8,10,12,15-16H,5-6,9,11,13H2/t15-,16+/m0/s1. The predicted molar refractivity (Wildman–Crippen MR) is 108 cm³/mol. The van der Waals surface area contributed by atoms with Gasteiger partial charge in [0, 0.05) is 23.9 Å². The summed E-state index contributed by atoms with van der Waals surface area (Å²) in [5.74, 6) is 0.518. The molecule has 0 spiro atoms. The fraction of sp³-hybridized carbons (Fsp3) is 0.333. The Labute approximate surface area is 161 Å². The number of allylic oxidation sites excluding steroid dienone is 2. The highest BCUT2D eigenvalue weighted by Crippen LogP contribution is 2.40. The zero-order chi connectivity index (χ0) is 17.5. The molecule has 5 rings (SSSR count). The molecule has 3 heterocycles. The van der Waals surface area contributed by atoms with E-state index in [4.69, 9.17) is 4.98 Å². The highest BCUT2D eigenvalue weighted by molar-refractivity contribution is 7.18. The monoisotopic (exact) mass is 380 g/mol. The van der Waals surface area contributed by atoms with Crippen molar-refractivity contribution in [2.75, 3.05) is 6.54 Å². The number of hydrogen-bond acceptors (Lipinski definition) is 4. The second kappa shape index (κ2) is 6.63. The lowest BCUT2D eigenvalue weighted by Crippen LogP contribution is -2.41. The first-order valence-corrected chi connectivity index (χ1v) is 10.8. The predicted octanol–water partition coefficient (Wildman–Crippen LogP) is 4.99. The molecule has 1 aliphatic heterocycles. The van der Waals surface area contributed by atoms with Gasteiger partial charge in [0.05, 0.1) is 21.1 Å². The molecule has 0 radical (unpaired) electrons. The molecular weight excluding hydrogens is 360 g/mol. The quantitative estimate of drug-likeness (QED) is 0.587. The lowest BCUT2D eigenvalue weighted by atomic mass is 9.82. The lowest BCUT2D eigenvalue weighted by molar-refractivity contribution is -0.137. The SMILES string of the molecule is O=C([C@@H]1CC=CC[C@@H]1c1nc2ccccc2s1)N1CCc2sccc2C1. The third-order valence-electron chi connectivity index (χ3n) is 5.50. The number of carbonyl (C=O) groups excluding carboxylic acids is 1. The molecule has 3 aromatic rings. The van der Waals surface area contributed by atoms with Gasteiger partial charge in [-0.2, -0.15) is 0 Å². The molecule has 0 fully saturated rings. The van der Waals surface area contributed by atoms with Crippen molar-refractivity contribution in [3.8, 4) is 0 Å². The van der Waals surface area contributed by atoms with Crippen molar-refractivity contribution in [1.29, 1.82) is 0 Å². The van der Waals surface area contributed by atoms with Crippen LogP contribution in [0.15, 0.2) is 47.9 Å². The third-order valence-corrected chi connectivity index (χ3v) is 7.69. The molecule has 0 saturated carbocycles. The second-order valence-electron chi connectivity index (χ2n) is 7.05. The van der Waals surface area contributed by atoms with E-state index in [0.717, 1.165) is 42.9 Å². The van der Waals surface area contributed by atoms with E-state index in [1.54, 1.807) is 11.3 Å². The number of fused-ring (bicyclic) bond motifs is 2. The van der Waals surface area contributed by atoms with Crippen LogP contribution in [0.3, 0.4) is 0 Å². The number of thiazole rings is 1. The Morgan fingerprint density at radius 2 is 2.04 bits per heavy atom. The summed E-state index contributed by atoms with van der Waals surface area (Å²) < 4.78 is 1.21. The number of aromatic nitrogens is 1. The van der Waals surface area contributed by atoms with Crippen LogP contribution in [-0.2, 0) is 17.8 Å². The van der Waals surface area contributed by atoms with Gasteiger partial charge < -0.3 is 4.90 Å². The Bertz CT molecular complexity index is 954. The first kappa shape index (κ1) is 16.2. The molecule has 0 saturated heterocycles. The molecule has 3 nitrogen and oxygen atoms in total. The fourth-order valence-corrected chi connectivity index (χ4v) is 6.12. The zero-order valence-electron chi connectivity index (χ0n) is 14.4. The number of amides is 1. The van der Waals surface area contributed by atoms with Crippen molar-refractivity contribution < 1.29 is 4.79 Å². The molecule has 0 bridgehead atoms. The number of carbonyl (C=O) groups is 1. The maximum absolute atomic E-state index is 13.4. The number of thiophene rings is 1. The van der Waals surface area contributed by atoms with Crippen molar-refractivity contribution in [3.05, 3.63) is 63.3 Å². The minimum Gasteiger partial charge on any atom is -0.338 e. The highest BCUT2D eigenvalue weighted by atomic mass is 32.1. The molecule has 2 aliphatic rings. The molecule has 1 aromatic carbocycles. The van der Waals surface area contributed by atoms with Gasteiger partial charge in [0.1, 0.15) is 0 Å². The summed E-state index contributed by atoms with van der Waals surface area (Å²) in [5.41, 5.74) is 2.38. The van der Waals surface area contributed by atoms with Crippen LogP contribution >= 0.6 is 22.7 Å². The lowest BCUT2D eigenvalue weighted by Gasteiger charge is -2.34. The van der Waals surface area contributed by atoms with Gasteiger partial charge in [-0.05, 0) is 48.4 Å². The Hall–Kier alpha value is -1.98. The van der Waals surface area contributed by atoms with Crippen LogP contribution in [0, 0.1) is 5.92 Å². The smallest absolute Gasteiger partial charge is 0.227 e. The van der Waals surface area contributed by atoms with Gasteiger partial charge >= 0.3 is 0 Å². The number of hydrogen-bond donors (Lipinski definition) is 0. The molecule has 2 atom stereocenters. The molecule has 5 heteroatoms. The number of rotatable bonds is 2. The summed E-state index contributed by atoms with van der Waals surface area (Å²) in [7, 11) is 0. The maximum Gasteiger partial charge on any atom is 0.227 e. The molecule has 0 N–H and O–H groups in total. The van der Waals surface area contributed by atoms with E-state index in [-0.39, 0.29) is 11.8 Å². The van der Waals surface area contributed by atoms with Gasteiger partial charge in [-0.3, -0.25) is 4.79 Å². The number of benzene rings is 1. The van der Waals surface area contributed by atoms with E-state index in [1.165, 1.54) is 15.1 Å². The van der Waals surface area contributed by atoms with Crippen LogP contribution in [0.5, 0.6) is 0 Å². The molecular formula is C21H20N2OS2. The van der Waals surface area contributed by atoms with Crippen LogP contribution in [0.4, 0.5) is 0 Å². The van der Waals surface area contributed by atoms with Crippen molar-refractivity contribution >= 4 is 38.8 Å². The average molecular weight is 381 g/mol. The summed E-state index contributed by atoms with van der Waals surface area (Å²) >= 11 is 3.56. The Kier molecular flexibility index (Phi) is 4.14.